The number of aromatic nitrogens is 1. The second-order valence-corrected chi connectivity index (χ2v) is 14.7. The van der Waals surface area contributed by atoms with E-state index in [9.17, 15) is 22.8 Å². The SMILES string of the molecule is C=CCCCCN(C)C(=O)N[C@@H](CCOc1cc(-c2ccccc2)nc2cc(OC)ccc12)C(=O)N[C@]1(C(=O)NS(=O)(=O)C2CC2)C[C@H]1C=C. The lowest BCUT2D eigenvalue weighted by atomic mass is 10.1. The number of sulfonamides is 1. The number of hydrogen-bond acceptors (Lipinski definition) is 8. The van der Waals surface area contributed by atoms with Crippen LogP contribution in [0, 0.1) is 5.92 Å². The molecule has 3 N–H and O–H groups in total. The summed E-state index contributed by atoms with van der Waals surface area (Å²) in [7, 11) is -0.630. The van der Waals surface area contributed by atoms with Crippen molar-refractivity contribution >= 4 is 38.8 Å². The number of fused-ring (bicyclic) bond motifs is 1. The van der Waals surface area contributed by atoms with E-state index in [-0.39, 0.29) is 19.4 Å². The van der Waals surface area contributed by atoms with Crippen molar-refractivity contribution in [3.8, 4) is 22.8 Å². The lowest BCUT2D eigenvalue weighted by Crippen LogP contribution is -2.58. The number of pyridine rings is 1. The number of benzene rings is 2. The Bertz CT molecular complexity index is 1850. The number of carbonyl (C=O) groups excluding carboxylic acids is 3. The summed E-state index contributed by atoms with van der Waals surface area (Å²) in [4.78, 5) is 46.8. The Morgan fingerprint density at radius 3 is 2.52 bits per heavy atom. The van der Waals surface area contributed by atoms with E-state index in [4.69, 9.17) is 14.5 Å². The number of urea groups is 1. The summed E-state index contributed by atoms with van der Waals surface area (Å²) in [6, 6.07) is 15.3. The van der Waals surface area contributed by atoms with Gasteiger partial charge in [-0.15, -0.1) is 13.2 Å². The largest absolute Gasteiger partial charge is 0.497 e. The smallest absolute Gasteiger partial charge is 0.317 e. The zero-order valence-electron chi connectivity index (χ0n) is 28.5. The van der Waals surface area contributed by atoms with Crippen LogP contribution in [-0.2, 0) is 19.6 Å². The van der Waals surface area contributed by atoms with Crippen LogP contribution in [0.2, 0.25) is 0 Å². The maximum absolute atomic E-state index is 13.9. The van der Waals surface area contributed by atoms with Crippen molar-refractivity contribution in [1.82, 2.24) is 25.2 Å². The zero-order valence-corrected chi connectivity index (χ0v) is 29.3. The number of rotatable bonds is 18. The molecule has 5 rings (SSSR count). The number of carbonyl (C=O) groups is 3. The Labute approximate surface area is 293 Å². The van der Waals surface area contributed by atoms with Crippen LogP contribution in [0.4, 0.5) is 4.79 Å². The van der Waals surface area contributed by atoms with Crippen molar-refractivity contribution in [3.05, 3.63) is 79.9 Å². The van der Waals surface area contributed by atoms with Crippen molar-refractivity contribution in [2.45, 2.75) is 61.8 Å². The standard InChI is InChI=1S/C37H45N5O7S/c1-5-7-8-12-20-42(3)36(45)39-30(34(43)40-37(24-26(37)6-2)35(44)41-50(46,47)28-16-17-28)19-21-49-33-23-31(25-13-10-9-11-14-25)38-32-22-27(48-4)15-18-29(32)33/h5-6,9-11,13-15,18,22-23,26,28,30H,1-2,7-8,12,16-17,19-21,24H2,3-4H3,(H,39,45)(H,40,43)(H,41,44)/t26-,30+,37-/m1/s1. The monoisotopic (exact) mass is 703 g/mol. The fraction of sp³-hybridized carbons (Fsp3) is 0.405. The first-order valence-electron chi connectivity index (χ1n) is 16.8. The van der Waals surface area contributed by atoms with Crippen molar-refractivity contribution in [1.29, 1.82) is 0 Å². The minimum absolute atomic E-state index is 0.0148. The molecule has 2 fully saturated rings. The molecule has 2 aromatic carbocycles. The number of methoxy groups -OCH3 is 1. The van der Waals surface area contributed by atoms with E-state index in [1.54, 1.807) is 20.2 Å². The van der Waals surface area contributed by atoms with Gasteiger partial charge >= 0.3 is 6.03 Å². The molecular weight excluding hydrogens is 659 g/mol. The van der Waals surface area contributed by atoms with Crippen LogP contribution >= 0.6 is 0 Å². The van der Waals surface area contributed by atoms with Crippen LogP contribution in [0.25, 0.3) is 22.2 Å². The van der Waals surface area contributed by atoms with Crippen molar-refractivity contribution in [2.75, 3.05) is 27.3 Å². The quantitative estimate of drug-likeness (QED) is 0.127. The molecule has 266 valence electrons. The van der Waals surface area contributed by atoms with Crippen molar-refractivity contribution in [3.63, 3.8) is 0 Å². The highest BCUT2D eigenvalue weighted by Gasteiger charge is 2.61. The van der Waals surface area contributed by atoms with Gasteiger partial charge in [-0.1, -0.05) is 42.5 Å². The van der Waals surface area contributed by atoms with Gasteiger partial charge in [-0.3, -0.25) is 14.3 Å². The first-order chi connectivity index (χ1) is 24.0. The third-order valence-corrected chi connectivity index (χ3v) is 10.9. The molecule has 0 aliphatic heterocycles. The van der Waals surface area contributed by atoms with Crippen LogP contribution in [-0.4, -0.2) is 80.3 Å². The first kappa shape index (κ1) is 36.4. The molecule has 0 bridgehead atoms. The summed E-state index contributed by atoms with van der Waals surface area (Å²) in [5, 5.41) is 5.69. The van der Waals surface area contributed by atoms with Gasteiger partial charge in [0.05, 0.1) is 30.2 Å². The first-order valence-corrected chi connectivity index (χ1v) is 18.4. The average Bonchev–Trinajstić information content (AvgIpc) is 4.05. The molecule has 2 saturated carbocycles. The predicted molar refractivity (Wildman–Crippen MR) is 192 cm³/mol. The third kappa shape index (κ3) is 8.62. The summed E-state index contributed by atoms with van der Waals surface area (Å²) in [5.41, 5.74) is 0.725. The topological polar surface area (TPSA) is 156 Å². The molecule has 0 unspecified atom stereocenters. The highest BCUT2D eigenvalue weighted by atomic mass is 32.2. The fourth-order valence-electron chi connectivity index (χ4n) is 5.76. The molecule has 12 nitrogen and oxygen atoms in total. The number of nitrogens with one attached hydrogen (secondary N) is 3. The maximum atomic E-state index is 13.9. The van der Waals surface area contributed by atoms with E-state index in [1.807, 2.05) is 54.6 Å². The molecule has 3 aromatic rings. The Morgan fingerprint density at radius 1 is 1.10 bits per heavy atom. The Balaban J connectivity index is 1.36. The van der Waals surface area contributed by atoms with Gasteiger partial charge in [0, 0.05) is 49.0 Å². The van der Waals surface area contributed by atoms with E-state index >= 15 is 0 Å². The van der Waals surface area contributed by atoms with Crippen LogP contribution in [0.1, 0.15) is 44.9 Å². The summed E-state index contributed by atoms with van der Waals surface area (Å²) in [6.45, 7) is 7.97. The minimum atomic E-state index is -3.85. The van der Waals surface area contributed by atoms with Crippen LogP contribution in [0.5, 0.6) is 11.5 Å². The molecule has 4 amide bonds. The molecule has 2 aliphatic carbocycles. The second kappa shape index (κ2) is 15.8. The summed E-state index contributed by atoms with van der Waals surface area (Å²) in [6.07, 6.45) is 6.96. The van der Waals surface area contributed by atoms with Gasteiger partial charge in [0.1, 0.15) is 23.1 Å². The highest BCUT2D eigenvalue weighted by Crippen LogP contribution is 2.45. The molecule has 3 atom stereocenters. The number of amides is 4. The van der Waals surface area contributed by atoms with E-state index in [0.29, 0.717) is 42.1 Å². The van der Waals surface area contributed by atoms with Gasteiger partial charge in [0.15, 0.2) is 0 Å². The average molecular weight is 704 g/mol. The highest BCUT2D eigenvalue weighted by molar-refractivity contribution is 7.91. The van der Waals surface area contributed by atoms with E-state index in [2.05, 4.69) is 28.5 Å². The Hall–Kier alpha value is -4.91. The number of ether oxygens (including phenoxy) is 2. The van der Waals surface area contributed by atoms with E-state index < -0.39 is 50.6 Å². The van der Waals surface area contributed by atoms with Crippen LogP contribution in [0.3, 0.4) is 0 Å². The number of allylic oxidation sites excluding steroid dienone is 1. The molecule has 1 heterocycles. The van der Waals surface area contributed by atoms with E-state index in [1.165, 1.54) is 11.0 Å². The van der Waals surface area contributed by atoms with Crippen molar-refractivity contribution < 1.29 is 32.3 Å². The van der Waals surface area contributed by atoms with E-state index in [0.717, 1.165) is 30.2 Å². The van der Waals surface area contributed by atoms with Crippen LogP contribution in [0.15, 0.2) is 79.9 Å². The van der Waals surface area contributed by atoms with Gasteiger partial charge in [0.2, 0.25) is 15.9 Å². The summed E-state index contributed by atoms with van der Waals surface area (Å²) >= 11 is 0. The Kier molecular flexibility index (Phi) is 11.5. The van der Waals surface area contributed by atoms with Gasteiger partial charge in [0.25, 0.3) is 5.91 Å². The molecular formula is C37H45N5O7S. The molecule has 13 heteroatoms. The van der Waals surface area contributed by atoms with Crippen molar-refractivity contribution in [2.24, 2.45) is 5.92 Å². The molecule has 1 aromatic heterocycles. The zero-order chi connectivity index (χ0) is 35.9. The number of hydrogen-bond donors (Lipinski definition) is 3. The molecule has 50 heavy (non-hydrogen) atoms. The predicted octanol–water partition coefficient (Wildman–Crippen LogP) is 4.71. The van der Waals surface area contributed by atoms with Gasteiger partial charge < -0.3 is 25.0 Å². The fourth-order valence-corrected chi connectivity index (χ4v) is 7.12. The molecule has 2 aliphatic rings. The van der Waals surface area contributed by atoms with Crippen LogP contribution < -0.4 is 24.8 Å². The summed E-state index contributed by atoms with van der Waals surface area (Å²) < 4.78 is 39.1. The number of nitrogens with zero attached hydrogens (tertiary/aromatic N) is 2. The van der Waals surface area contributed by atoms with Gasteiger partial charge in [-0.25, -0.2) is 18.2 Å². The second-order valence-electron chi connectivity index (χ2n) is 12.8. The van der Waals surface area contributed by atoms with Gasteiger partial charge in [-0.05, 0) is 50.7 Å². The minimum Gasteiger partial charge on any atom is -0.497 e. The molecule has 0 saturated heterocycles. The molecule has 0 radical (unpaired) electrons. The molecule has 0 spiro atoms. The lowest BCUT2D eigenvalue weighted by Gasteiger charge is -2.26. The van der Waals surface area contributed by atoms with Gasteiger partial charge in [-0.2, -0.15) is 0 Å². The Morgan fingerprint density at radius 2 is 1.86 bits per heavy atom. The normalized spacial score (nSPS) is 18.7. The number of unbranched alkanes of at least 4 members (excludes halogenated alkanes) is 2. The third-order valence-electron chi connectivity index (χ3n) is 9.07. The summed E-state index contributed by atoms with van der Waals surface area (Å²) in [5.74, 6) is -0.765. The maximum Gasteiger partial charge on any atom is 0.317 e. The lowest BCUT2D eigenvalue weighted by molar-refractivity contribution is -0.130.